The highest BCUT2D eigenvalue weighted by Crippen LogP contribution is 2.28. The summed E-state index contributed by atoms with van der Waals surface area (Å²) in [5, 5.41) is 0. The van der Waals surface area contributed by atoms with E-state index in [-0.39, 0.29) is 5.91 Å². The molecule has 0 bridgehead atoms. The molecule has 0 aliphatic carbocycles. The fraction of sp³-hybridized carbons (Fsp3) is 0.316. The topological polar surface area (TPSA) is 63.5 Å². The van der Waals surface area contributed by atoms with E-state index in [0.717, 1.165) is 36.4 Å². The van der Waals surface area contributed by atoms with Crippen LogP contribution in [0.25, 0.3) is 11.0 Å². The summed E-state index contributed by atoms with van der Waals surface area (Å²) in [5.74, 6) is 0.662. The number of para-hydroxylation sites is 2. The normalized spacial score (nSPS) is 16.9. The third-order valence-corrected chi connectivity index (χ3v) is 5.02. The number of benzene rings is 1. The van der Waals surface area contributed by atoms with Gasteiger partial charge in [-0.1, -0.05) is 12.1 Å². The first-order valence-corrected chi connectivity index (χ1v) is 8.86. The van der Waals surface area contributed by atoms with Gasteiger partial charge in [0.2, 0.25) is 5.95 Å². The Kier molecular flexibility index (Phi) is 3.60. The average molecular weight is 349 g/mol. The second kappa shape index (κ2) is 6.10. The summed E-state index contributed by atoms with van der Waals surface area (Å²) in [4.78, 5) is 26.0. The molecule has 0 unspecified atom stereocenters. The van der Waals surface area contributed by atoms with Crippen LogP contribution in [-0.2, 0) is 11.3 Å². The zero-order chi connectivity index (χ0) is 17.5. The Morgan fingerprint density at radius 3 is 2.77 bits per heavy atom. The smallest absolute Gasteiger partial charge is 0.262 e. The van der Waals surface area contributed by atoms with Gasteiger partial charge in [-0.25, -0.2) is 4.98 Å². The van der Waals surface area contributed by atoms with Crippen LogP contribution in [0.15, 0.2) is 42.7 Å². The van der Waals surface area contributed by atoms with Crippen molar-refractivity contribution in [3.8, 4) is 0 Å². The number of ether oxygens (including phenoxy) is 1. The third-order valence-electron chi connectivity index (χ3n) is 5.02. The van der Waals surface area contributed by atoms with Crippen molar-refractivity contribution in [2.45, 2.75) is 6.54 Å². The van der Waals surface area contributed by atoms with Crippen LogP contribution in [0.2, 0.25) is 0 Å². The molecule has 1 saturated heterocycles. The molecule has 3 aromatic rings. The molecule has 2 aliphatic rings. The molecule has 0 radical (unpaired) electrons. The molecular formula is C19H19N5O2. The molecular weight excluding hydrogens is 330 g/mol. The van der Waals surface area contributed by atoms with Crippen molar-refractivity contribution in [3.63, 3.8) is 0 Å². The maximum atomic E-state index is 13.1. The zero-order valence-electron chi connectivity index (χ0n) is 14.3. The van der Waals surface area contributed by atoms with E-state index in [2.05, 4.69) is 19.4 Å². The predicted molar refractivity (Wildman–Crippen MR) is 98.7 cm³/mol. The molecule has 5 rings (SSSR count). The van der Waals surface area contributed by atoms with E-state index >= 15 is 0 Å². The molecule has 1 aromatic carbocycles. The van der Waals surface area contributed by atoms with Crippen LogP contribution in [0.4, 0.5) is 11.6 Å². The van der Waals surface area contributed by atoms with Crippen LogP contribution in [0.5, 0.6) is 0 Å². The lowest BCUT2D eigenvalue weighted by Gasteiger charge is -2.28. The summed E-state index contributed by atoms with van der Waals surface area (Å²) in [6.45, 7) is 4.44. The van der Waals surface area contributed by atoms with Gasteiger partial charge in [-0.3, -0.25) is 14.7 Å². The van der Waals surface area contributed by atoms with Crippen LogP contribution in [0.1, 0.15) is 10.4 Å². The van der Waals surface area contributed by atoms with Gasteiger partial charge in [0.25, 0.3) is 5.91 Å². The lowest BCUT2D eigenvalue weighted by Crippen LogP contribution is -2.36. The van der Waals surface area contributed by atoms with Crippen LogP contribution >= 0.6 is 0 Å². The Morgan fingerprint density at radius 2 is 1.88 bits per heavy atom. The molecule has 1 fully saturated rings. The first kappa shape index (κ1) is 15.3. The van der Waals surface area contributed by atoms with Gasteiger partial charge in [0.05, 0.1) is 41.7 Å². The highest BCUT2D eigenvalue weighted by Gasteiger charge is 2.29. The summed E-state index contributed by atoms with van der Waals surface area (Å²) in [7, 11) is 0. The lowest BCUT2D eigenvalue weighted by molar-refractivity contribution is 0.0988. The van der Waals surface area contributed by atoms with Crippen molar-refractivity contribution in [2.24, 2.45) is 0 Å². The number of carbonyl (C=O) groups is 1. The van der Waals surface area contributed by atoms with Crippen molar-refractivity contribution in [3.05, 3.63) is 48.3 Å². The summed E-state index contributed by atoms with van der Waals surface area (Å²) in [5.41, 5.74) is 3.54. The van der Waals surface area contributed by atoms with Crippen molar-refractivity contribution in [2.75, 3.05) is 42.6 Å². The Hall–Kier alpha value is -2.93. The number of anilines is 2. The fourth-order valence-electron chi connectivity index (χ4n) is 3.68. The van der Waals surface area contributed by atoms with Gasteiger partial charge in [0, 0.05) is 32.4 Å². The van der Waals surface area contributed by atoms with E-state index in [1.165, 1.54) is 0 Å². The average Bonchev–Trinajstić information content (AvgIpc) is 3.27. The summed E-state index contributed by atoms with van der Waals surface area (Å²) < 4.78 is 7.50. The van der Waals surface area contributed by atoms with E-state index in [0.29, 0.717) is 31.3 Å². The van der Waals surface area contributed by atoms with E-state index in [9.17, 15) is 4.79 Å². The quantitative estimate of drug-likeness (QED) is 0.707. The minimum absolute atomic E-state index is 0.0540. The molecule has 2 aliphatic heterocycles. The van der Waals surface area contributed by atoms with Crippen molar-refractivity contribution in [1.82, 2.24) is 14.5 Å². The molecule has 26 heavy (non-hydrogen) atoms. The molecule has 4 heterocycles. The predicted octanol–water partition coefficient (Wildman–Crippen LogP) is 1.93. The molecule has 7 heteroatoms. The Morgan fingerprint density at radius 1 is 1.04 bits per heavy atom. The van der Waals surface area contributed by atoms with Gasteiger partial charge in [-0.05, 0) is 18.2 Å². The number of pyridine rings is 1. The van der Waals surface area contributed by atoms with Gasteiger partial charge in [0.15, 0.2) is 0 Å². The lowest BCUT2D eigenvalue weighted by atomic mass is 10.2. The largest absolute Gasteiger partial charge is 0.378 e. The second-order valence-electron chi connectivity index (χ2n) is 6.54. The molecule has 0 atom stereocenters. The molecule has 0 saturated carbocycles. The zero-order valence-corrected chi connectivity index (χ0v) is 14.3. The number of nitrogens with zero attached hydrogens (tertiary/aromatic N) is 5. The number of carbonyl (C=O) groups excluding carboxylic acids is 1. The van der Waals surface area contributed by atoms with E-state index < -0.39 is 0 Å². The molecule has 0 spiro atoms. The van der Waals surface area contributed by atoms with Gasteiger partial charge in [-0.2, -0.15) is 0 Å². The summed E-state index contributed by atoms with van der Waals surface area (Å²) in [6, 6.07) is 9.90. The standard InChI is InChI=1S/C19H19N5O2/c25-18(14-11-15(13-20-12-14)22-7-9-26-10-8-22)24-6-5-23-17-4-2-1-3-16(17)21-19(23)24/h1-4,11-13H,5-10H2. The Balaban J connectivity index is 1.46. The van der Waals surface area contributed by atoms with E-state index in [1.54, 1.807) is 17.3 Å². The van der Waals surface area contributed by atoms with Crippen molar-refractivity contribution < 1.29 is 9.53 Å². The first-order valence-electron chi connectivity index (χ1n) is 8.86. The van der Waals surface area contributed by atoms with Crippen LogP contribution in [-0.4, -0.2) is 53.3 Å². The Bertz CT molecular complexity index is 977. The molecule has 1 amide bonds. The van der Waals surface area contributed by atoms with Gasteiger partial charge >= 0.3 is 0 Å². The molecule has 7 nitrogen and oxygen atoms in total. The second-order valence-corrected chi connectivity index (χ2v) is 6.54. The molecule has 0 N–H and O–H groups in total. The molecule has 132 valence electrons. The number of rotatable bonds is 2. The monoisotopic (exact) mass is 349 g/mol. The van der Waals surface area contributed by atoms with E-state index in [4.69, 9.17) is 4.74 Å². The van der Waals surface area contributed by atoms with Gasteiger partial charge < -0.3 is 14.2 Å². The number of fused-ring (bicyclic) bond motifs is 3. The Labute approximate surface area is 150 Å². The van der Waals surface area contributed by atoms with Crippen molar-refractivity contribution >= 4 is 28.6 Å². The number of hydrogen-bond donors (Lipinski definition) is 0. The van der Waals surface area contributed by atoms with Crippen LogP contribution in [0, 0.1) is 0 Å². The number of aromatic nitrogens is 3. The SMILES string of the molecule is O=C(c1cncc(N2CCOCC2)c1)N1CCn2c1nc1ccccc12. The van der Waals surface area contributed by atoms with Crippen LogP contribution in [0.3, 0.4) is 0 Å². The number of hydrogen-bond acceptors (Lipinski definition) is 5. The fourth-order valence-corrected chi connectivity index (χ4v) is 3.68. The summed E-state index contributed by atoms with van der Waals surface area (Å²) in [6.07, 6.45) is 3.44. The first-order chi connectivity index (χ1) is 12.8. The van der Waals surface area contributed by atoms with Gasteiger partial charge in [0.1, 0.15) is 0 Å². The number of amides is 1. The van der Waals surface area contributed by atoms with Crippen LogP contribution < -0.4 is 9.80 Å². The summed E-state index contributed by atoms with van der Waals surface area (Å²) >= 11 is 0. The van der Waals surface area contributed by atoms with E-state index in [1.807, 2.05) is 30.3 Å². The highest BCUT2D eigenvalue weighted by molar-refractivity contribution is 6.06. The number of imidazole rings is 1. The van der Waals surface area contributed by atoms with Crippen molar-refractivity contribution in [1.29, 1.82) is 0 Å². The third kappa shape index (κ3) is 2.43. The maximum absolute atomic E-state index is 13.1. The highest BCUT2D eigenvalue weighted by atomic mass is 16.5. The molecule has 2 aromatic heterocycles. The maximum Gasteiger partial charge on any atom is 0.262 e. The minimum atomic E-state index is -0.0540. The number of morpholine rings is 1. The minimum Gasteiger partial charge on any atom is -0.378 e. The van der Waals surface area contributed by atoms with Gasteiger partial charge in [-0.15, -0.1) is 0 Å².